The number of likely N-dealkylation sites (N-methyl/N-ethyl adjacent to an activating group) is 1. The molecule has 0 aliphatic carbocycles. The standard InChI is InChI=1S/C19H27N5O2S/c1-23(2)11-10-20-17-13-18(24(3)16-9-12-27(25,26)14-16)22-19(21-17)15-7-5-4-6-8-15/h4-8,13,16H,9-12,14H2,1-3H3,(H,20,21,22). The number of nitrogens with one attached hydrogen (secondary N) is 1. The molecule has 0 spiro atoms. The molecule has 3 rings (SSSR count). The van der Waals surface area contributed by atoms with Crippen molar-refractivity contribution < 1.29 is 8.42 Å². The van der Waals surface area contributed by atoms with E-state index in [0.717, 1.165) is 30.3 Å². The molecule has 1 aliphatic rings. The van der Waals surface area contributed by atoms with E-state index in [1.807, 2.05) is 62.4 Å². The van der Waals surface area contributed by atoms with Crippen LogP contribution in [0.5, 0.6) is 0 Å². The lowest BCUT2D eigenvalue weighted by molar-refractivity contribution is 0.425. The first-order chi connectivity index (χ1) is 12.8. The molecule has 1 N–H and O–H groups in total. The summed E-state index contributed by atoms with van der Waals surface area (Å²) in [5, 5.41) is 3.35. The van der Waals surface area contributed by atoms with Gasteiger partial charge in [-0.3, -0.25) is 0 Å². The number of nitrogens with zero attached hydrogens (tertiary/aromatic N) is 4. The van der Waals surface area contributed by atoms with Crippen LogP contribution in [0, 0.1) is 0 Å². The highest BCUT2D eigenvalue weighted by atomic mass is 32.2. The average molecular weight is 390 g/mol. The maximum Gasteiger partial charge on any atom is 0.163 e. The Hall–Kier alpha value is -2.19. The Morgan fingerprint density at radius 3 is 2.52 bits per heavy atom. The van der Waals surface area contributed by atoms with Gasteiger partial charge in [-0.05, 0) is 20.5 Å². The van der Waals surface area contributed by atoms with Crippen LogP contribution in [0.1, 0.15) is 6.42 Å². The van der Waals surface area contributed by atoms with E-state index < -0.39 is 9.84 Å². The summed E-state index contributed by atoms with van der Waals surface area (Å²) in [7, 11) is 3.01. The van der Waals surface area contributed by atoms with Crippen molar-refractivity contribution in [1.82, 2.24) is 14.9 Å². The van der Waals surface area contributed by atoms with Crippen molar-refractivity contribution in [2.24, 2.45) is 0 Å². The third-order valence-electron chi connectivity index (χ3n) is 4.73. The van der Waals surface area contributed by atoms with Crippen LogP contribution in [0.4, 0.5) is 11.6 Å². The lowest BCUT2D eigenvalue weighted by Crippen LogP contribution is -2.33. The molecule has 1 aliphatic heterocycles. The molecular weight excluding hydrogens is 362 g/mol. The normalized spacial score (nSPS) is 18.6. The molecular formula is C19H27N5O2S. The minimum atomic E-state index is -2.95. The smallest absolute Gasteiger partial charge is 0.163 e. The lowest BCUT2D eigenvalue weighted by Gasteiger charge is -2.25. The number of sulfone groups is 1. The number of benzene rings is 1. The molecule has 8 heteroatoms. The third-order valence-corrected chi connectivity index (χ3v) is 6.48. The molecule has 2 heterocycles. The predicted molar refractivity (Wildman–Crippen MR) is 110 cm³/mol. The Morgan fingerprint density at radius 2 is 1.89 bits per heavy atom. The zero-order valence-electron chi connectivity index (χ0n) is 16.1. The SMILES string of the molecule is CN(C)CCNc1cc(N(C)C2CCS(=O)(=O)C2)nc(-c2ccccc2)n1. The Labute approximate surface area is 161 Å². The molecule has 1 fully saturated rings. The van der Waals surface area contributed by atoms with Crippen molar-refractivity contribution >= 4 is 21.5 Å². The number of hydrogen-bond acceptors (Lipinski definition) is 7. The zero-order chi connectivity index (χ0) is 19.4. The van der Waals surface area contributed by atoms with Crippen LogP contribution in [0.15, 0.2) is 36.4 Å². The molecule has 1 aromatic heterocycles. The van der Waals surface area contributed by atoms with Gasteiger partial charge >= 0.3 is 0 Å². The minimum absolute atomic E-state index is 0.0526. The minimum Gasteiger partial charge on any atom is -0.369 e. The molecule has 0 saturated carbocycles. The van der Waals surface area contributed by atoms with Crippen LogP contribution in [0.3, 0.4) is 0 Å². The van der Waals surface area contributed by atoms with Crippen molar-refractivity contribution in [1.29, 1.82) is 0 Å². The van der Waals surface area contributed by atoms with Gasteiger partial charge in [-0.25, -0.2) is 18.4 Å². The fraction of sp³-hybridized carbons (Fsp3) is 0.474. The van der Waals surface area contributed by atoms with E-state index in [-0.39, 0.29) is 17.5 Å². The van der Waals surface area contributed by atoms with Crippen LogP contribution in [0.25, 0.3) is 11.4 Å². The second-order valence-corrected chi connectivity index (χ2v) is 9.43. The van der Waals surface area contributed by atoms with Gasteiger partial charge in [-0.15, -0.1) is 0 Å². The molecule has 1 aromatic carbocycles. The van der Waals surface area contributed by atoms with E-state index in [1.54, 1.807) is 0 Å². The lowest BCUT2D eigenvalue weighted by atomic mass is 10.2. The summed E-state index contributed by atoms with van der Waals surface area (Å²) in [6.45, 7) is 1.65. The number of anilines is 2. The fourth-order valence-electron chi connectivity index (χ4n) is 3.10. The van der Waals surface area contributed by atoms with Crippen molar-refractivity contribution in [2.75, 3.05) is 56.0 Å². The molecule has 7 nitrogen and oxygen atoms in total. The number of aromatic nitrogens is 2. The Morgan fingerprint density at radius 1 is 1.15 bits per heavy atom. The van der Waals surface area contributed by atoms with Gasteiger partial charge in [-0.1, -0.05) is 30.3 Å². The molecule has 1 saturated heterocycles. The Balaban J connectivity index is 1.89. The second-order valence-electron chi connectivity index (χ2n) is 7.20. The summed E-state index contributed by atoms with van der Waals surface area (Å²) in [5.74, 6) is 2.53. The van der Waals surface area contributed by atoms with Crippen molar-refractivity contribution in [2.45, 2.75) is 12.5 Å². The number of rotatable bonds is 7. The average Bonchev–Trinajstić information content (AvgIpc) is 3.01. The van der Waals surface area contributed by atoms with Crippen molar-refractivity contribution in [3.8, 4) is 11.4 Å². The van der Waals surface area contributed by atoms with Gasteiger partial charge in [0.15, 0.2) is 15.7 Å². The van der Waals surface area contributed by atoms with Crippen LogP contribution < -0.4 is 10.2 Å². The van der Waals surface area contributed by atoms with Crippen LogP contribution >= 0.6 is 0 Å². The highest BCUT2D eigenvalue weighted by molar-refractivity contribution is 7.91. The van der Waals surface area contributed by atoms with Crippen LogP contribution in [-0.4, -0.2) is 75.1 Å². The van der Waals surface area contributed by atoms with Gasteiger partial charge in [-0.2, -0.15) is 0 Å². The second kappa shape index (κ2) is 8.22. The van der Waals surface area contributed by atoms with Crippen molar-refractivity contribution in [3.05, 3.63) is 36.4 Å². The summed E-state index contributed by atoms with van der Waals surface area (Å²) in [5.41, 5.74) is 0.933. The molecule has 1 unspecified atom stereocenters. The fourth-order valence-corrected chi connectivity index (χ4v) is 4.87. The third kappa shape index (κ3) is 5.17. The van der Waals surface area contributed by atoms with Gasteiger partial charge in [0.25, 0.3) is 0 Å². The summed E-state index contributed by atoms with van der Waals surface area (Å²) < 4.78 is 23.7. The zero-order valence-corrected chi connectivity index (χ0v) is 16.9. The maximum absolute atomic E-state index is 11.9. The van der Waals surface area contributed by atoms with Gasteiger partial charge in [0.1, 0.15) is 11.6 Å². The van der Waals surface area contributed by atoms with E-state index >= 15 is 0 Å². The highest BCUT2D eigenvalue weighted by Crippen LogP contribution is 2.26. The predicted octanol–water partition coefficient (Wildman–Crippen LogP) is 1.74. The monoisotopic (exact) mass is 389 g/mol. The maximum atomic E-state index is 11.9. The van der Waals surface area contributed by atoms with E-state index in [0.29, 0.717) is 12.2 Å². The van der Waals surface area contributed by atoms with E-state index in [4.69, 9.17) is 4.98 Å². The molecule has 1 atom stereocenters. The summed E-state index contributed by atoms with van der Waals surface area (Å²) in [4.78, 5) is 13.4. The topological polar surface area (TPSA) is 78.4 Å². The van der Waals surface area contributed by atoms with Gasteiger partial charge < -0.3 is 15.1 Å². The first kappa shape index (κ1) is 19.6. The molecule has 2 aromatic rings. The van der Waals surface area contributed by atoms with Gasteiger partial charge in [0.05, 0.1) is 11.5 Å². The Kier molecular flexibility index (Phi) is 5.96. The quantitative estimate of drug-likeness (QED) is 0.773. The summed E-state index contributed by atoms with van der Waals surface area (Å²) >= 11 is 0. The Bertz CT molecular complexity index is 871. The van der Waals surface area contributed by atoms with E-state index in [9.17, 15) is 8.42 Å². The molecule has 27 heavy (non-hydrogen) atoms. The summed E-state index contributed by atoms with van der Waals surface area (Å²) in [6.07, 6.45) is 0.632. The van der Waals surface area contributed by atoms with Crippen LogP contribution in [0.2, 0.25) is 0 Å². The van der Waals surface area contributed by atoms with E-state index in [2.05, 4.69) is 15.2 Å². The van der Waals surface area contributed by atoms with E-state index in [1.165, 1.54) is 0 Å². The van der Waals surface area contributed by atoms with Crippen LogP contribution in [-0.2, 0) is 9.84 Å². The van der Waals surface area contributed by atoms with Crippen molar-refractivity contribution in [3.63, 3.8) is 0 Å². The number of hydrogen-bond donors (Lipinski definition) is 1. The van der Waals surface area contributed by atoms with Gasteiger partial charge in [0.2, 0.25) is 0 Å². The molecule has 0 radical (unpaired) electrons. The largest absolute Gasteiger partial charge is 0.369 e. The molecule has 146 valence electrons. The van der Waals surface area contributed by atoms with Gasteiger partial charge in [0, 0.05) is 37.8 Å². The first-order valence-corrected chi connectivity index (χ1v) is 10.9. The first-order valence-electron chi connectivity index (χ1n) is 9.10. The highest BCUT2D eigenvalue weighted by Gasteiger charge is 2.31. The molecule has 0 bridgehead atoms. The molecule has 0 amide bonds. The summed E-state index contributed by atoms with van der Waals surface area (Å²) in [6, 6.07) is 11.7.